The quantitative estimate of drug-likeness (QED) is 0.706. The Morgan fingerprint density at radius 2 is 2.23 bits per heavy atom. The van der Waals surface area contributed by atoms with Crippen LogP contribution in [-0.4, -0.2) is 5.11 Å². The molecule has 0 bridgehead atoms. The van der Waals surface area contributed by atoms with Crippen LogP contribution in [0.1, 0.15) is 17.0 Å². The number of halogens is 1. The average molecular weight is 179 g/mol. The Bertz CT molecular complexity index is 307. The highest BCUT2D eigenvalue weighted by Gasteiger charge is 2.10. The van der Waals surface area contributed by atoms with Gasteiger partial charge in [0.15, 0.2) is 0 Å². The molecule has 0 spiro atoms. The van der Waals surface area contributed by atoms with Crippen LogP contribution < -0.4 is 0 Å². The maximum absolute atomic E-state index is 13.5. The summed E-state index contributed by atoms with van der Waals surface area (Å²) in [5.41, 5.74) is 0.773. The molecule has 0 aliphatic carbocycles. The lowest BCUT2D eigenvalue weighted by Gasteiger charge is -2.09. The summed E-state index contributed by atoms with van der Waals surface area (Å²) in [6, 6.07) is 4.90. The lowest BCUT2D eigenvalue weighted by Crippen LogP contribution is -1.98. The first-order valence-corrected chi connectivity index (χ1v) is 4.04. The van der Waals surface area contributed by atoms with Gasteiger partial charge in [0.25, 0.3) is 0 Å². The van der Waals surface area contributed by atoms with Crippen LogP contribution in [0.25, 0.3) is 0 Å². The summed E-state index contributed by atoms with van der Waals surface area (Å²) >= 11 is 0. The van der Waals surface area contributed by atoms with Crippen LogP contribution in [0.5, 0.6) is 0 Å². The van der Waals surface area contributed by atoms with Gasteiger partial charge in [-0.05, 0) is 12.5 Å². The minimum absolute atomic E-state index is 0.272. The Labute approximate surface area is 77.5 Å². The van der Waals surface area contributed by atoms with Crippen molar-refractivity contribution in [1.29, 1.82) is 0 Å². The van der Waals surface area contributed by atoms with E-state index in [1.165, 1.54) is 0 Å². The molecule has 13 heavy (non-hydrogen) atoms. The Hall–Kier alpha value is -1.15. The molecule has 0 aliphatic heterocycles. The summed E-state index contributed by atoms with van der Waals surface area (Å²) < 4.78 is 13.5. The van der Waals surface area contributed by atoms with Crippen molar-refractivity contribution in [2.45, 2.75) is 12.5 Å². The van der Waals surface area contributed by atoms with Crippen LogP contribution in [0, 0.1) is 12.7 Å². The number of hydrogen-bond acceptors (Lipinski definition) is 1. The van der Waals surface area contributed by atoms with Crippen LogP contribution in [0.2, 0.25) is 0 Å². The molecule has 0 aromatic heterocycles. The summed E-state index contributed by atoms with van der Waals surface area (Å²) in [6.45, 7) is 6.98. The molecule has 1 atom stereocenters. The van der Waals surface area contributed by atoms with Gasteiger partial charge in [-0.3, -0.25) is 0 Å². The van der Waals surface area contributed by atoms with E-state index in [0.717, 1.165) is 0 Å². The standard InChI is InChI=1S/C11H12FO/c1-3-8(2)10-6-4-5-9(7-13)11(10)12/h3-6,8,13H,1-2,7H2. The fourth-order valence-corrected chi connectivity index (χ4v) is 1.14. The molecule has 2 heteroatoms. The van der Waals surface area contributed by atoms with Crippen LogP contribution in [0.4, 0.5) is 4.39 Å². The molecular formula is C11H12FO. The third-order valence-electron chi connectivity index (χ3n) is 1.96. The Morgan fingerprint density at radius 3 is 2.77 bits per heavy atom. The maximum Gasteiger partial charge on any atom is 0.132 e. The van der Waals surface area contributed by atoms with Crippen molar-refractivity contribution >= 4 is 0 Å². The monoisotopic (exact) mass is 179 g/mol. The molecule has 1 rings (SSSR count). The van der Waals surface area contributed by atoms with Gasteiger partial charge in [0.05, 0.1) is 6.61 Å². The summed E-state index contributed by atoms with van der Waals surface area (Å²) in [4.78, 5) is 0. The Morgan fingerprint density at radius 1 is 1.54 bits per heavy atom. The van der Waals surface area contributed by atoms with E-state index >= 15 is 0 Å². The van der Waals surface area contributed by atoms with E-state index in [1.807, 2.05) is 0 Å². The van der Waals surface area contributed by atoms with Gasteiger partial charge >= 0.3 is 0 Å². The van der Waals surface area contributed by atoms with E-state index in [2.05, 4.69) is 13.5 Å². The molecule has 1 aromatic rings. The number of hydrogen-bond donors (Lipinski definition) is 1. The highest BCUT2D eigenvalue weighted by Crippen LogP contribution is 2.21. The number of benzene rings is 1. The molecule has 1 radical (unpaired) electrons. The largest absolute Gasteiger partial charge is 0.392 e. The number of aliphatic hydroxyl groups is 1. The molecule has 1 aromatic carbocycles. The maximum atomic E-state index is 13.5. The van der Waals surface area contributed by atoms with Crippen molar-refractivity contribution < 1.29 is 9.50 Å². The highest BCUT2D eigenvalue weighted by molar-refractivity contribution is 5.31. The minimum atomic E-state index is -0.384. The SMILES string of the molecule is [CH2]C(C=C)c1cccc(CO)c1F. The van der Waals surface area contributed by atoms with Gasteiger partial charge in [0.1, 0.15) is 5.82 Å². The van der Waals surface area contributed by atoms with Gasteiger partial charge in [-0.15, -0.1) is 6.58 Å². The first-order chi connectivity index (χ1) is 6.20. The van der Waals surface area contributed by atoms with E-state index in [1.54, 1.807) is 24.3 Å². The lowest BCUT2D eigenvalue weighted by molar-refractivity contribution is 0.275. The van der Waals surface area contributed by atoms with Gasteiger partial charge in [0, 0.05) is 11.5 Å². The van der Waals surface area contributed by atoms with Crippen molar-refractivity contribution in [2.75, 3.05) is 0 Å². The van der Waals surface area contributed by atoms with Gasteiger partial charge < -0.3 is 5.11 Å². The van der Waals surface area contributed by atoms with Gasteiger partial charge in [-0.1, -0.05) is 24.3 Å². The Kier molecular flexibility index (Phi) is 3.20. The summed E-state index contributed by atoms with van der Waals surface area (Å²) in [7, 11) is 0. The topological polar surface area (TPSA) is 20.2 Å². The van der Waals surface area contributed by atoms with E-state index in [0.29, 0.717) is 11.1 Å². The molecule has 1 nitrogen and oxygen atoms in total. The molecule has 0 heterocycles. The second kappa shape index (κ2) is 4.19. The molecule has 69 valence electrons. The van der Waals surface area contributed by atoms with Gasteiger partial charge in [-0.2, -0.15) is 0 Å². The molecule has 0 amide bonds. The van der Waals surface area contributed by atoms with Gasteiger partial charge in [-0.25, -0.2) is 4.39 Å². The molecule has 0 saturated carbocycles. The van der Waals surface area contributed by atoms with Crippen LogP contribution in [0.3, 0.4) is 0 Å². The average Bonchev–Trinajstić information content (AvgIpc) is 2.17. The zero-order chi connectivity index (χ0) is 9.84. The molecular weight excluding hydrogens is 167 g/mol. The zero-order valence-electron chi connectivity index (χ0n) is 7.33. The molecule has 0 saturated heterocycles. The second-order valence-electron chi connectivity index (χ2n) is 2.82. The van der Waals surface area contributed by atoms with E-state index in [-0.39, 0.29) is 18.3 Å². The normalized spacial score (nSPS) is 12.5. The van der Waals surface area contributed by atoms with Crippen molar-refractivity contribution in [2.24, 2.45) is 0 Å². The van der Waals surface area contributed by atoms with E-state index < -0.39 is 0 Å². The van der Waals surface area contributed by atoms with Crippen LogP contribution >= 0.6 is 0 Å². The van der Waals surface area contributed by atoms with E-state index in [4.69, 9.17) is 5.11 Å². The Balaban J connectivity index is 3.14. The van der Waals surface area contributed by atoms with Crippen molar-refractivity contribution in [3.05, 3.63) is 54.7 Å². The van der Waals surface area contributed by atoms with Crippen LogP contribution in [0.15, 0.2) is 30.9 Å². The van der Waals surface area contributed by atoms with Gasteiger partial charge in [0.2, 0.25) is 0 Å². The van der Waals surface area contributed by atoms with Crippen molar-refractivity contribution in [1.82, 2.24) is 0 Å². The molecule has 0 aliphatic rings. The number of allylic oxidation sites excluding steroid dienone is 1. The second-order valence-corrected chi connectivity index (χ2v) is 2.82. The predicted octanol–water partition coefficient (Wildman–Crippen LogP) is 2.42. The third kappa shape index (κ3) is 1.95. The lowest BCUT2D eigenvalue weighted by atomic mass is 9.98. The summed E-state index contributed by atoms with van der Waals surface area (Å²) in [6.07, 6.45) is 1.57. The molecule has 0 fully saturated rings. The smallest absolute Gasteiger partial charge is 0.132 e. The minimum Gasteiger partial charge on any atom is -0.392 e. The first-order valence-electron chi connectivity index (χ1n) is 4.04. The third-order valence-corrected chi connectivity index (χ3v) is 1.96. The molecule has 1 unspecified atom stereocenters. The highest BCUT2D eigenvalue weighted by atomic mass is 19.1. The van der Waals surface area contributed by atoms with Crippen molar-refractivity contribution in [3.63, 3.8) is 0 Å². The van der Waals surface area contributed by atoms with Crippen molar-refractivity contribution in [3.8, 4) is 0 Å². The summed E-state index contributed by atoms with van der Waals surface area (Å²) in [5, 5.41) is 8.81. The number of aliphatic hydroxyl groups excluding tert-OH is 1. The molecule has 1 N–H and O–H groups in total. The summed E-state index contributed by atoms with van der Waals surface area (Å²) in [5.74, 6) is -0.656. The fourth-order valence-electron chi connectivity index (χ4n) is 1.14. The van der Waals surface area contributed by atoms with E-state index in [9.17, 15) is 4.39 Å². The zero-order valence-corrected chi connectivity index (χ0v) is 7.33. The first kappa shape index (κ1) is 9.93. The van der Waals surface area contributed by atoms with Crippen LogP contribution in [-0.2, 0) is 6.61 Å². The number of rotatable bonds is 3. The predicted molar refractivity (Wildman–Crippen MR) is 50.6 cm³/mol. The fraction of sp³-hybridized carbons (Fsp3) is 0.182.